The normalized spacial score (nSPS) is 11.9. The molecule has 7 nitrogen and oxygen atoms in total. The number of methoxy groups -OCH3 is 1. The van der Waals surface area contributed by atoms with Crippen molar-refractivity contribution in [2.24, 2.45) is 4.99 Å². The van der Waals surface area contributed by atoms with Crippen molar-refractivity contribution in [1.82, 2.24) is 14.5 Å². The smallest absolute Gasteiger partial charge is 0.243 e. The molecule has 0 aliphatic carbocycles. The lowest BCUT2D eigenvalue weighted by Gasteiger charge is -2.23. The molecule has 0 unspecified atom stereocenters. The summed E-state index contributed by atoms with van der Waals surface area (Å²) in [6.07, 6.45) is 0. The van der Waals surface area contributed by atoms with Gasteiger partial charge in [0, 0.05) is 40.3 Å². The predicted molar refractivity (Wildman–Crippen MR) is 137 cm³/mol. The van der Waals surface area contributed by atoms with Crippen LogP contribution >= 0.6 is 24.0 Å². The van der Waals surface area contributed by atoms with E-state index in [-0.39, 0.29) is 30.0 Å². The van der Waals surface area contributed by atoms with Gasteiger partial charge in [-0.2, -0.15) is 4.31 Å². The number of guanidine groups is 1. The average molecular weight is 561 g/mol. The van der Waals surface area contributed by atoms with Crippen molar-refractivity contribution in [3.63, 3.8) is 0 Å². The van der Waals surface area contributed by atoms with Crippen molar-refractivity contribution in [3.8, 4) is 5.75 Å². The summed E-state index contributed by atoms with van der Waals surface area (Å²) in [5.74, 6) is 1.58. The van der Waals surface area contributed by atoms with Gasteiger partial charge >= 0.3 is 0 Å². The van der Waals surface area contributed by atoms with Crippen LogP contribution in [0.25, 0.3) is 0 Å². The number of halogens is 1. The van der Waals surface area contributed by atoms with Crippen molar-refractivity contribution in [3.05, 3.63) is 59.7 Å². The van der Waals surface area contributed by atoms with Gasteiger partial charge in [0.25, 0.3) is 0 Å². The van der Waals surface area contributed by atoms with E-state index in [0.29, 0.717) is 18.0 Å². The Morgan fingerprint density at radius 2 is 1.58 bits per heavy atom. The molecule has 9 heteroatoms. The van der Waals surface area contributed by atoms with Crippen LogP contribution in [0.1, 0.15) is 25.0 Å². The first-order valence-corrected chi connectivity index (χ1v) is 11.2. The van der Waals surface area contributed by atoms with Crippen molar-refractivity contribution in [2.45, 2.75) is 37.9 Å². The molecule has 0 aliphatic rings. The Morgan fingerprint density at radius 3 is 2.06 bits per heavy atom. The van der Waals surface area contributed by atoms with E-state index in [1.807, 2.05) is 62.2 Å². The molecule has 0 amide bonds. The van der Waals surface area contributed by atoms with E-state index in [1.165, 1.54) is 4.31 Å². The molecule has 172 valence electrons. The summed E-state index contributed by atoms with van der Waals surface area (Å²) >= 11 is 0. The van der Waals surface area contributed by atoms with Gasteiger partial charge in [0.2, 0.25) is 10.0 Å². The minimum absolute atomic E-state index is 0. The first-order valence-electron chi connectivity index (χ1n) is 9.80. The second-order valence-corrected chi connectivity index (χ2v) is 9.36. The zero-order valence-corrected chi connectivity index (χ0v) is 22.1. The van der Waals surface area contributed by atoms with Crippen molar-refractivity contribution in [1.29, 1.82) is 0 Å². The van der Waals surface area contributed by atoms with Crippen LogP contribution in [0.2, 0.25) is 0 Å². The van der Waals surface area contributed by atoms with E-state index in [9.17, 15) is 8.42 Å². The van der Waals surface area contributed by atoms with Gasteiger partial charge in [0.1, 0.15) is 5.75 Å². The molecule has 0 aliphatic heterocycles. The van der Waals surface area contributed by atoms with Gasteiger partial charge in [-0.3, -0.25) is 4.99 Å². The minimum atomic E-state index is -3.47. The molecule has 0 fully saturated rings. The Labute approximate surface area is 203 Å². The number of sulfonamides is 1. The quantitative estimate of drug-likeness (QED) is 0.304. The topological polar surface area (TPSA) is 74.2 Å². The number of nitrogens with zero attached hydrogens (tertiary/aromatic N) is 3. The Bertz CT molecular complexity index is 946. The molecule has 2 aromatic carbocycles. The lowest BCUT2D eigenvalue weighted by molar-refractivity contribution is 0.410. The highest BCUT2D eigenvalue weighted by Gasteiger charge is 2.22. The second kappa shape index (κ2) is 12.3. The molecule has 2 aromatic rings. The van der Waals surface area contributed by atoms with Crippen molar-refractivity contribution in [2.75, 3.05) is 28.3 Å². The highest BCUT2D eigenvalue weighted by molar-refractivity contribution is 14.0. The standard InChI is InChI=1S/C22H32N4O3S.HI/c1-17(2)26(5)30(27,28)21-13-9-18(10-14-21)15-24-22(23-3)25(4)16-19-7-11-20(29-6)12-8-19;/h7-14,17H,15-16H2,1-6H3,(H,23,24);1H. The van der Waals surface area contributed by atoms with Crippen LogP contribution in [0.4, 0.5) is 0 Å². The highest BCUT2D eigenvalue weighted by Crippen LogP contribution is 2.17. The largest absolute Gasteiger partial charge is 0.497 e. The molecule has 0 aromatic heterocycles. The number of ether oxygens (including phenoxy) is 1. The number of rotatable bonds is 8. The third-order valence-corrected chi connectivity index (χ3v) is 6.98. The zero-order valence-electron chi connectivity index (χ0n) is 19.0. The predicted octanol–water partition coefficient (Wildman–Crippen LogP) is 3.55. The molecule has 0 heterocycles. The van der Waals surface area contributed by atoms with Crippen LogP contribution < -0.4 is 10.1 Å². The molecular formula is C22H33IN4O3S. The van der Waals surface area contributed by atoms with E-state index >= 15 is 0 Å². The fraction of sp³-hybridized carbons (Fsp3) is 0.409. The summed E-state index contributed by atoms with van der Waals surface area (Å²) < 4.78 is 31.7. The zero-order chi connectivity index (χ0) is 22.3. The van der Waals surface area contributed by atoms with Gasteiger partial charge in [0.05, 0.1) is 12.0 Å². The van der Waals surface area contributed by atoms with Crippen LogP contribution in [-0.2, 0) is 23.1 Å². The summed E-state index contributed by atoms with van der Waals surface area (Å²) in [5, 5.41) is 3.32. The molecule has 0 bridgehead atoms. The number of hydrogen-bond acceptors (Lipinski definition) is 4. The summed E-state index contributed by atoms with van der Waals surface area (Å²) in [6.45, 7) is 4.94. The van der Waals surface area contributed by atoms with Gasteiger partial charge in [-0.05, 0) is 49.2 Å². The lowest BCUT2D eigenvalue weighted by atomic mass is 10.2. The van der Waals surface area contributed by atoms with Gasteiger partial charge in [-0.25, -0.2) is 8.42 Å². The average Bonchev–Trinajstić information content (AvgIpc) is 2.74. The van der Waals surface area contributed by atoms with Gasteiger partial charge < -0.3 is 15.0 Å². The fourth-order valence-electron chi connectivity index (χ4n) is 2.87. The lowest BCUT2D eigenvalue weighted by Crippen LogP contribution is -2.38. The van der Waals surface area contributed by atoms with Crippen LogP contribution in [0.15, 0.2) is 58.4 Å². The van der Waals surface area contributed by atoms with E-state index < -0.39 is 10.0 Å². The van der Waals surface area contributed by atoms with Crippen LogP contribution in [-0.4, -0.2) is 57.9 Å². The molecule has 31 heavy (non-hydrogen) atoms. The Balaban J connectivity index is 0.00000480. The maximum absolute atomic E-state index is 12.6. The third kappa shape index (κ3) is 7.36. The maximum atomic E-state index is 12.6. The summed E-state index contributed by atoms with van der Waals surface area (Å²) in [4.78, 5) is 6.66. The van der Waals surface area contributed by atoms with E-state index in [1.54, 1.807) is 33.3 Å². The highest BCUT2D eigenvalue weighted by atomic mass is 127. The van der Waals surface area contributed by atoms with E-state index in [4.69, 9.17) is 4.74 Å². The van der Waals surface area contributed by atoms with Gasteiger partial charge in [-0.15, -0.1) is 24.0 Å². The molecule has 0 atom stereocenters. The van der Waals surface area contributed by atoms with E-state index in [0.717, 1.165) is 22.8 Å². The first kappa shape index (κ1) is 27.2. The van der Waals surface area contributed by atoms with Gasteiger partial charge in [-0.1, -0.05) is 24.3 Å². The number of hydrogen-bond donors (Lipinski definition) is 1. The third-order valence-electron chi connectivity index (χ3n) is 4.93. The Hall–Kier alpha value is -1.85. The fourth-order valence-corrected chi connectivity index (χ4v) is 4.24. The SMILES string of the molecule is CN=C(NCc1ccc(S(=O)(=O)N(C)C(C)C)cc1)N(C)Cc1ccc(OC)cc1.I. The summed E-state index contributed by atoms with van der Waals surface area (Å²) in [5.41, 5.74) is 2.12. The van der Waals surface area contributed by atoms with Gasteiger partial charge in [0.15, 0.2) is 5.96 Å². The molecule has 0 radical (unpaired) electrons. The molecule has 0 spiro atoms. The number of nitrogens with one attached hydrogen (secondary N) is 1. The molecule has 0 saturated carbocycles. The molecule has 0 saturated heterocycles. The second-order valence-electron chi connectivity index (χ2n) is 7.36. The number of benzene rings is 2. The van der Waals surface area contributed by atoms with Crippen molar-refractivity contribution < 1.29 is 13.2 Å². The van der Waals surface area contributed by atoms with Crippen LogP contribution in [0.5, 0.6) is 5.75 Å². The maximum Gasteiger partial charge on any atom is 0.243 e. The Morgan fingerprint density at radius 1 is 1.03 bits per heavy atom. The van der Waals surface area contributed by atoms with Crippen LogP contribution in [0.3, 0.4) is 0 Å². The molecular weight excluding hydrogens is 527 g/mol. The molecule has 1 N–H and O–H groups in total. The number of aliphatic imine (C=N–C) groups is 1. The monoisotopic (exact) mass is 560 g/mol. The summed E-state index contributed by atoms with van der Waals surface area (Å²) in [6, 6.07) is 14.8. The Kier molecular flexibility index (Phi) is 10.7. The summed E-state index contributed by atoms with van der Waals surface area (Å²) in [7, 11) is 3.48. The van der Waals surface area contributed by atoms with E-state index in [2.05, 4.69) is 10.3 Å². The molecule has 2 rings (SSSR count). The van der Waals surface area contributed by atoms with Crippen LogP contribution in [0, 0.1) is 0 Å². The minimum Gasteiger partial charge on any atom is -0.497 e. The van der Waals surface area contributed by atoms with Crippen molar-refractivity contribution >= 4 is 40.0 Å². The first-order chi connectivity index (χ1) is 14.2.